The van der Waals surface area contributed by atoms with E-state index >= 15 is 0 Å². The van der Waals surface area contributed by atoms with Crippen LogP contribution in [-0.4, -0.2) is 43.7 Å². The highest BCUT2D eigenvalue weighted by molar-refractivity contribution is 5.48. The van der Waals surface area contributed by atoms with Crippen LogP contribution in [0, 0.1) is 6.92 Å². The molecule has 0 saturated carbocycles. The molecule has 100 valence electrons. The highest BCUT2D eigenvalue weighted by Gasteiger charge is 2.25. The topological polar surface area (TPSA) is 32.5 Å². The SMILES string of the molecule is Cc1cccc(N2CCC(C)N(C)C(CN)C2)c1. The van der Waals surface area contributed by atoms with Crippen molar-refractivity contribution in [3.05, 3.63) is 29.8 Å². The Labute approximate surface area is 111 Å². The first kappa shape index (κ1) is 13.4. The van der Waals surface area contributed by atoms with E-state index in [1.165, 1.54) is 17.7 Å². The van der Waals surface area contributed by atoms with Gasteiger partial charge in [-0.15, -0.1) is 0 Å². The van der Waals surface area contributed by atoms with Crippen molar-refractivity contribution in [2.75, 3.05) is 31.6 Å². The van der Waals surface area contributed by atoms with Gasteiger partial charge in [-0.3, -0.25) is 4.90 Å². The number of nitrogens with zero attached hydrogens (tertiary/aromatic N) is 2. The molecule has 0 spiro atoms. The molecule has 2 atom stereocenters. The predicted molar refractivity (Wildman–Crippen MR) is 78.1 cm³/mol. The van der Waals surface area contributed by atoms with Crippen molar-refractivity contribution in [1.82, 2.24) is 4.90 Å². The minimum atomic E-state index is 0.447. The third kappa shape index (κ3) is 2.85. The van der Waals surface area contributed by atoms with Crippen molar-refractivity contribution < 1.29 is 0 Å². The van der Waals surface area contributed by atoms with Gasteiger partial charge in [-0.1, -0.05) is 12.1 Å². The standard InChI is InChI=1S/C15H25N3/c1-12-5-4-6-14(9-12)18-8-7-13(2)17(3)15(10-16)11-18/h4-6,9,13,15H,7-8,10-11,16H2,1-3H3. The number of likely N-dealkylation sites (N-methyl/N-ethyl adjacent to an activating group) is 1. The molecule has 0 bridgehead atoms. The summed E-state index contributed by atoms with van der Waals surface area (Å²) >= 11 is 0. The van der Waals surface area contributed by atoms with Crippen molar-refractivity contribution in [1.29, 1.82) is 0 Å². The Morgan fingerprint density at radius 1 is 1.39 bits per heavy atom. The summed E-state index contributed by atoms with van der Waals surface area (Å²) in [5, 5.41) is 0. The van der Waals surface area contributed by atoms with Crippen molar-refractivity contribution in [3.8, 4) is 0 Å². The Morgan fingerprint density at radius 2 is 2.17 bits per heavy atom. The van der Waals surface area contributed by atoms with Gasteiger partial charge in [0.15, 0.2) is 0 Å². The third-order valence-corrected chi connectivity index (χ3v) is 4.16. The quantitative estimate of drug-likeness (QED) is 0.866. The highest BCUT2D eigenvalue weighted by Crippen LogP contribution is 2.21. The molecule has 0 amide bonds. The maximum absolute atomic E-state index is 5.93. The summed E-state index contributed by atoms with van der Waals surface area (Å²) in [5.74, 6) is 0. The molecule has 2 N–H and O–H groups in total. The molecule has 1 aliphatic rings. The molecule has 3 nitrogen and oxygen atoms in total. The van der Waals surface area contributed by atoms with E-state index in [-0.39, 0.29) is 0 Å². The fraction of sp³-hybridized carbons (Fsp3) is 0.600. The van der Waals surface area contributed by atoms with E-state index in [9.17, 15) is 0 Å². The largest absolute Gasteiger partial charge is 0.370 e. The van der Waals surface area contributed by atoms with E-state index in [2.05, 4.69) is 55.0 Å². The molecule has 1 aromatic carbocycles. The average molecular weight is 247 g/mol. The van der Waals surface area contributed by atoms with E-state index in [1.54, 1.807) is 0 Å². The second kappa shape index (κ2) is 5.72. The lowest BCUT2D eigenvalue weighted by molar-refractivity contribution is 0.201. The van der Waals surface area contributed by atoms with E-state index in [0.29, 0.717) is 12.1 Å². The second-order valence-electron chi connectivity index (χ2n) is 5.48. The zero-order chi connectivity index (χ0) is 13.1. The summed E-state index contributed by atoms with van der Waals surface area (Å²) < 4.78 is 0. The Balaban J connectivity index is 2.19. The molecule has 1 aliphatic heterocycles. The molecule has 0 radical (unpaired) electrons. The highest BCUT2D eigenvalue weighted by atomic mass is 15.3. The molecular weight excluding hydrogens is 222 g/mol. The van der Waals surface area contributed by atoms with Gasteiger partial charge in [-0.05, 0) is 45.0 Å². The van der Waals surface area contributed by atoms with E-state index in [0.717, 1.165) is 19.6 Å². The molecule has 18 heavy (non-hydrogen) atoms. The van der Waals surface area contributed by atoms with Crippen molar-refractivity contribution in [2.24, 2.45) is 5.73 Å². The molecule has 1 saturated heterocycles. The van der Waals surface area contributed by atoms with Gasteiger partial charge in [0.2, 0.25) is 0 Å². The lowest BCUT2D eigenvalue weighted by atomic mass is 10.2. The number of hydrogen-bond donors (Lipinski definition) is 1. The van der Waals surface area contributed by atoms with Crippen LogP contribution in [0.5, 0.6) is 0 Å². The smallest absolute Gasteiger partial charge is 0.0393 e. The lowest BCUT2D eigenvalue weighted by Gasteiger charge is -2.31. The van der Waals surface area contributed by atoms with Crippen LogP contribution in [0.3, 0.4) is 0 Å². The fourth-order valence-corrected chi connectivity index (χ4v) is 2.68. The van der Waals surface area contributed by atoms with Crippen LogP contribution in [0.15, 0.2) is 24.3 Å². The fourth-order valence-electron chi connectivity index (χ4n) is 2.68. The number of nitrogens with two attached hydrogens (primary N) is 1. The van der Waals surface area contributed by atoms with Gasteiger partial charge in [0.25, 0.3) is 0 Å². The summed E-state index contributed by atoms with van der Waals surface area (Å²) in [4.78, 5) is 4.90. The predicted octanol–water partition coefficient (Wildman–Crippen LogP) is 1.85. The lowest BCUT2D eigenvalue weighted by Crippen LogP contribution is -2.46. The first-order chi connectivity index (χ1) is 8.61. The molecular formula is C15H25N3. The monoisotopic (exact) mass is 247 g/mol. The van der Waals surface area contributed by atoms with Gasteiger partial charge < -0.3 is 10.6 Å². The van der Waals surface area contributed by atoms with Gasteiger partial charge in [0.1, 0.15) is 0 Å². The molecule has 2 unspecified atom stereocenters. The second-order valence-corrected chi connectivity index (χ2v) is 5.48. The van der Waals surface area contributed by atoms with Gasteiger partial charge in [0.05, 0.1) is 0 Å². The van der Waals surface area contributed by atoms with Gasteiger partial charge in [-0.25, -0.2) is 0 Å². The molecule has 1 fully saturated rings. The Morgan fingerprint density at radius 3 is 2.83 bits per heavy atom. The van der Waals surface area contributed by atoms with Crippen LogP contribution in [-0.2, 0) is 0 Å². The van der Waals surface area contributed by atoms with E-state index in [4.69, 9.17) is 5.73 Å². The maximum Gasteiger partial charge on any atom is 0.0393 e. The minimum absolute atomic E-state index is 0.447. The van der Waals surface area contributed by atoms with Crippen molar-refractivity contribution in [2.45, 2.75) is 32.4 Å². The first-order valence-corrected chi connectivity index (χ1v) is 6.85. The molecule has 0 aromatic heterocycles. The van der Waals surface area contributed by atoms with Crippen LogP contribution in [0.25, 0.3) is 0 Å². The van der Waals surface area contributed by atoms with E-state index < -0.39 is 0 Å². The number of anilines is 1. The van der Waals surface area contributed by atoms with Crippen molar-refractivity contribution >= 4 is 5.69 Å². The molecule has 3 heteroatoms. The average Bonchev–Trinajstić information content (AvgIpc) is 2.51. The minimum Gasteiger partial charge on any atom is -0.370 e. The Bertz CT molecular complexity index is 391. The van der Waals surface area contributed by atoms with Crippen LogP contribution in [0.1, 0.15) is 18.9 Å². The Kier molecular flexibility index (Phi) is 4.25. The zero-order valence-electron chi connectivity index (χ0n) is 11.8. The number of aryl methyl sites for hydroxylation is 1. The van der Waals surface area contributed by atoms with Gasteiger partial charge >= 0.3 is 0 Å². The third-order valence-electron chi connectivity index (χ3n) is 4.16. The van der Waals surface area contributed by atoms with Crippen LogP contribution >= 0.6 is 0 Å². The van der Waals surface area contributed by atoms with Crippen LogP contribution in [0.2, 0.25) is 0 Å². The van der Waals surface area contributed by atoms with E-state index in [1.807, 2.05) is 0 Å². The number of benzene rings is 1. The molecule has 1 aromatic rings. The Hall–Kier alpha value is -1.06. The summed E-state index contributed by atoms with van der Waals surface area (Å²) in [6.45, 7) is 7.31. The molecule has 2 rings (SSSR count). The van der Waals surface area contributed by atoms with Crippen LogP contribution in [0.4, 0.5) is 5.69 Å². The van der Waals surface area contributed by atoms with Crippen LogP contribution < -0.4 is 10.6 Å². The maximum atomic E-state index is 5.93. The number of hydrogen-bond acceptors (Lipinski definition) is 3. The summed E-state index contributed by atoms with van der Waals surface area (Å²) in [7, 11) is 2.20. The molecule has 1 heterocycles. The summed E-state index contributed by atoms with van der Waals surface area (Å²) in [6.07, 6.45) is 1.20. The first-order valence-electron chi connectivity index (χ1n) is 6.85. The summed E-state index contributed by atoms with van der Waals surface area (Å²) in [5.41, 5.74) is 8.58. The number of rotatable bonds is 2. The summed E-state index contributed by atoms with van der Waals surface area (Å²) in [6, 6.07) is 9.81. The van der Waals surface area contributed by atoms with Gasteiger partial charge in [-0.2, -0.15) is 0 Å². The van der Waals surface area contributed by atoms with Gasteiger partial charge in [0, 0.05) is 37.4 Å². The molecule has 0 aliphatic carbocycles. The van der Waals surface area contributed by atoms with Crippen molar-refractivity contribution in [3.63, 3.8) is 0 Å². The zero-order valence-corrected chi connectivity index (χ0v) is 11.8. The normalized spacial score (nSPS) is 26.1.